The largest absolute Gasteiger partial charge is 1.00 e. The van der Waals surface area contributed by atoms with Crippen molar-refractivity contribution in [1.82, 2.24) is 0 Å². The average Bonchev–Trinajstić information content (AvgIpc) is 2.40. The summed E-state index contributed by atoms with van der Waals surface area (Å²) in [5.74, 6) is 0. The smallest absolute Gasteiger partial charge is 0.102 e. The highest BCUT2D eigenvalue weighted by molar-refractivity contribution is 5.13. The lowest BCUT2D eigenvalue weighted by Crippen LogP contribution is -3.04. The van der Waals surface area contributed by atoms with E-state index < -0.39 is 0 Å². The number of nitrogens with one attached hydrogen (secondary N) is 2. The number of quaternary nitrogens is 2. The fraction of sp³-hybridized carbons (Fsp3) is 0.333. The molecule has 0 aliphatic rings. The molecule has 0 radical (unpaired) electrons. The second-order valence-corrected chi connectivity index (χ2v) is 5.74. The molecule has 4 heteroatoms. The minimum atomic E-state index is 0. The van der Waals surface area contributed by atoms with Gasteiger partial charge in [0.15, 0.2) is 0 Å². The van der Waals surface area contributed by atoms with Gasteiger partial charge in [0.1, 0.15) is 13.1 Å². The Labute approximate surface area is 152 Å². The molecule has 0 aromatic heterocycles. The van der Waals surface area contributed by atoms with Crippen LogP contribution in [0.25, 0.3) is 0 Å². The normalized spacial score (nSPS) is 9.36. The molecule has 2 aromatic carbocycles. The fourth-order valence-corrected chi connectivity index (χ4v) is 2.01. The maximum Gasteiger partial charge on any atom is 0.102 e. The quantitative estimate of drug-likeness (QED) is 0.519. The molecule has 0 aliphatic heterocycles. The Morgan fingerprint density at radius 2 is 0.864 bits per heavy atom. The molecular weight excluding hydrogens is 360 g/mol. The molecule has 0 spiro atoms. The summed E-state index contributed by atoms with van der Waals surface area (Å²) in [6.07, 6.45) is 0. The van der Waals surface area contributed by atoms with Crippen LogP contribution in [0.15, 0.2) is 60.7 Å². The third-order valence-corrected chi connectivity index (χ3v) is 2.80. The highest BCUT2D eigenvalue weighted by Gasteiger charge is 1.94. The molecule has 0 atom stereocenters. The molecular formula is C18H28BrClN2. The zero-order valence-electron chi connectivity index (χ0n) is 13.9. The molecule has 2 aromatic rings. The van der Waals surface area contributed by atoms with Crippen molar-refractivity contribution in [3.63, 3.8) is 0 Å². The first-order chi connectivity index (χ1) is 9.58. The number of hydrogen-bond acceptors (Lipinski definition) is 0. The van der Waals surface area contributed by atoms with Crippen LogP contribution in [-0.4, -0.2) is 28.2 Å². The summed E-state index contributed by atoms with van der Waals surface area (Å²) in [5.41, 5.74) is 2.81. The summed E-state index contributed by atoms with van der Waals surface area (Å²) in [5, 5.41) is 0. The van der Waals surface area contributed by atoms with Crippen molar-refractivity contribution in [3.8, 4) is 0 Å². The molecule has 0 bridgehead atoms. The molecule has 0 amide bonds. The van der Waals surface area contributed by atoms with Crippen molar-refractivity contribution in [2.24, 2.45) is 0 Å². The summed E-state index contributed by atoms with van der Waals surface area (Å²) in [4.78, 5) is 2.93. The van der Waals surface area contributed by atoms with Gasteiger partial charge in [-0.1, -0.05) is 60.7 Å². The van der Waals surface area contributed by atoms with E-state index in [0.717, 1.165) is 13.1 Å². The first-order valence-corrected chi connectivity index (χ1v) is 7.24. The van der Waals surface area contributed by atoms with E-state index in [0.29, 0.717) is 0 Å². The van der Waals surface area contributed by atoms with Gasteiger partial charge in [-0.2, -0.15) is 0 Å². The van der Waals surface area contributed by atoms with E-state index in [1.807, 2.05) is 0 Å². The van der Waals surface area contributed by atoms with Crippen LogP contribution in [0.3, 0.4) is 0 Å². The number of halogens is 2. The molecule has 0 unspecified atom stereocenters. The van der Waals surface area contributed by atoms with Gasteiger partial charge in [-0.25, -0.2) is 0 Å². The van der Waals surface area contributed by atoms with E-state index in [2.05, 4.69) is 88.9 Å². The summed E-state index contributed by atoms with van der Waals surface area (Å²) >= 11 is 0. The van der Waals surface area contributed by atoms with Gasteiger partial charge >= 0.3 is 0 Å². The van der Waals surface area contributed by atoms with Gasteiger partial charge < -0.3 is 39.2 Å². The van der Waals surface area contributed by atoms with E-state index in [1.54, 1.807) is 0 Å². The van der Waals surface area contributed by atoms with Gasteiger partial charge in [0.05, 0.1) is 28.2 Å². The summed E-state index contributed by atoms with van der Waals surface area (Å²) in [6.45, 7) is 2.22. The Kier molecular flexibility index (Phi) is 14.6. The van der Waals surface area contributed by atoms with Crippen LogP contribution < -0.4 is 39.2 Å². The third-order valence-electron chi connectivity index (χ3n) is 2.80. The lowest BCUT2D eigenvalue weighted by Gasteiger charge is -2.05. The van der Waals surface area contributed by atoms with Gasteiger partial charge in [0.2, 0.25) is 0 Å². The van der Waals surface area contributed by atoms with Crippen molar-refractivity contribution < 1.29 is 39.2 Å². The Morgan fingerprint density at radius 3 is 1.09 bits per heavy atom. The summed E-state index contributed by atoms with van der Waals surface area (Å²) in [7, 11) is 8.64. The predicted molar refractivity (Wildman–Crippen MR) is 85.9 cm³/mol. The van der Waals surface area contributed by atoms with E-state index in [1.165, 1.54) is 20.9 Å². The van der Waals surface area contributed by atoms with Gasteiger partial charge in [-0.05, 0) is 0 Å². The molecule has 124 valence electrons. The van der Waals surface area contributed by atoms with E-state index in [4.69, 9.17) is 0 Å². The Morgan fingerprint density at radius 1 is 0.591 bits per heavy atom. The second-order valence-electron chi connectivity index (χ2n) is 5.74. The monoisotopic (exact) mass is 386 g/mol. The summed E-state index contributed by atoms with van der Waals surface area (Å²) in [6, 6.07) is 21.1. The van der Waals surface area contributed by atoms with Gasteiger partial charge in [0.25, 0.3) is 0 Å². The number of rotatable bonds is 4. The van der Waals surface area contributed by atoms with E-state index in [-0.39, 0.29) is 29.4 Å². The Hall–Kier alpha value is -0.870. The van der Waals surface area contributed by atoms with E-state index >= 15 is 0 Å². The fourth-order valence-electron chi connectivity index (χ4n) is 2.01. The van der Waals surface area contributed by atoms with Gasteiger partial charge in [-0.15, -0.1) is 0 Å². The highest BCUT2D eigenvalue weighted by Crippen LogP contribution is 1.94. The summed E-state index contributed by atoms with van der Waals surface area (Å²) < 4.78 is 0. The number of benzene rings is 2. The molecule has 2 rings (SSSR count). The first kappa shape index (κ1) is 23.4. The molecule has 0 saturated heterocycles. The Balaban J connectivity index is 0. The molecule has 0 saturated carbocycles. The van der Waals surface area contributed by atoms with Crippen LogP contribution in [0.5, 0.6) is 0 Å². The van der Waals surface area contributed by atoms with Crippen molar-refractivity contribution in [3.05, 3.63) is 71.8 Å². The molecule has 0 heterocycles. The van der Waals surface area contributed by atoms with Crippen molar-refractivity contribution in [2.75, 3.05) is 28.2 Å². The van der Waals surface area contributed by atoms with Crippen molar-refractivity contribution >= 4 is 0 Å². The SMILES string of the molecule is C[NH+](C)Cc1ccccc1.C[NH+](C)Cc1ccccc1.[Br-].[Cl-]. The molecule has 0 fully saturated rings. The maximum absolute atomic E-state index is 2.16. The van der Waals surface area contributed by atoms with Crippen LogP contribution in [-0.2, 0) is 13.1 Å². The minimum absolute atomic E-state index is 0. The molecule has 2 N–H and O–H groups in total. The molecule has 2 nitrogen and oxygen atoms in total. The third kappa shape index (κ3) is 11.8. The van der Waals surface area contributed by atoms with Gasteiger partial charge in [-0.3, -0.25) is 0 Å². The average molecular weight is 388 g/mol. The highest BCUT2D eigenvalue weighted by atomic mass is 79.9. The van der Waals surface area contributed by atoms with Crippen LogP contribution in [0.4, 0.5) is 0 Å². The van der Waals surface area contributed by atoms with E-state index in [9.17, 15) is 0 Å². The topological polar surface area (TPSA) is 8.88 Å². The minimum Gasteiger partial charge on any atom is -1.00 e. The van der Waals surface area contributed by atoms with Crippen LogP contribution in [0.2, 0.25) is 0 Å². The van der Waals surface area contributed by atoms with Gasteiger partial charge in [0, 0.05) is 11.1 Å². The lowest BCUT2D eigenvalue weighted by atomic mass is 10.2. The first-order valence-electron chi connectivity index (χ1n) is 7.24. The molecule has 0 aliphatic carbocycles. The zero-order valence-corrected chi connectivity index (χ0v) is 16.3. The standard InChI is InChI=1S/2C9H13N.BrH.ClH/c2*1-10(2)8-9-6-4-3-5-7-9;;/h2*3-7H,8H2,1-2H3;2*1H. The van der Waals surface area contributed by atoms with Crippen LogP contribution >= 0.6 is 0 Å². The zero-order chi connectivity index (χ0) is 14.8. The van der Waals surface area contributed by atoms with Crippen molar-refractivity contribution in [1.29, 1.82) is 0 Å². The second kappa shape index (κ2) is 13.8. The van der Waals surface area contributed by atoms with Crippen molar-refractivity contribution in [2.45, 2.75) is 13.1 Å². The lowest BCUT2D eigenvalue weighted by molar-refractivity contribution is -0.872. The maximum atomic E-state index is 2.16. The molecule has 22 heavy (non-hydrogen) atoms. The predicted octanol–water partition coefficient (Wildman–Crippen LogP) is -5.33. The van der Waals surface area contributed by atoms with Crippen LogP contribution in [0.1, 0.15) is 11.1 Å². The Bertz CT molecular complexity index is 416. The van der Waals surface area contributed by atoms with Crippen LogP contribution in [0, 0.1) is 0 Å². The number of hydrogen-bond donors (Lipinski definition) is 2.